The standard InChI is InChI=1S/C18H20N2O/c1-4-12-20(13-5-2)19-18(21)17-14(3)10-11-15-8-6-7-9-16(15)17/h4-11H,1-2,12-13H2,3H3,(H,19,21). The van der Waals surface area contributed by atoms with Crippen molar-refractivity contribution < 1.29 is 4.79 Å². The SMILES string of the molecule is C=CCN(CC=C)NC(=O)c1c(C)ccc2ccccc12. The van der Waals surface area contributed by atoms with Gasteiger partial charge in [-0.05, 0) is 23.3 Å². The maximum absolute atomic E-state index is 12.6. The monoisotopic (exact) mass is 280 g/mol. The molecule has 3 nitrogen and oxygen atoms in total. The van der Waals surface area contributed by atoms with Gasteiger partial charge in [0.05, 0.1) is 5.56 Å². The van der Waals surface area contributed by atoms with Crippen molar-refractivity contribution in [3.8, 4) is 0 Å². The predicted molar refractivity (Wildman–Crippen MR) is 88.1 cm³/mol. The van der Waals surface area contributed by atoms with Crippen molar-refractivity contribution in [2.75, 3.05) is 13.1 Å². The van der Waals surface area contributed by atoms with Gasteiger partial charge in [-0.1, -0.05) is 48.6 Å². The quantitative estimate of drug-likeness (QED) is 0.649. The lowest BCUT2D eigenvalue weighted by Gasteiger charge is -2.21. The van der Waals surface area contributed by atoms with E-state index >= 15 is 0 Å². The Kier molecular flexibility index (Phi) is 4.90. The van der Waals surface area contributed by atoms with Crippen molar-refractivity contribution in [2.24, 2.45) is 0 Å². The Hall–Kier alpha value is -2.39. The molecule has 2 aromatic carbocycles. The van der Waals surface area contributed by atoms with Crippen molar-refractivity contribution >= 4 is 16.7 Å². The van der Waals surface area contributed by atoms with Crippen LogP contribution in [0.2, 0.25) is 0 Å². The van der Waals surface area contributed by atoms with E-state index in [4.69, 9.17) is 0 Å². The van der Waals surface area contributed by atoms with Crippen LogP contribution in [0.5, 0.6) is 0 Å². The zero-order chi connectivity index (χ0) is 15.2. The lowest BCUT2D eigenvalue weighted by molar-refractivity contribution is 0.0825. The Balaban J connectivity index is 2.36. The normalized spacial score (nSPS) is 10.6. The van der Waals surface area contributed by atoms with Crippen LogP contribution in [0.3, 0.4) is 0 Å². The highest BCUT2D eigenvalue weighted by Crippen LogP contribution is 2.22. The van der Waals surface area contributed by atoms with Gasteiger partial charge >= 0.3 is 0 Å². The van der Waals surface area contributed by atoms with E-state index in [1.165, 1.54) is 0 Å². The molecule has 0 aliphatic carbocycles. The largest absolute Gasteiger partial charge is 0.284 e. The zero-order valence-electron chi connectivity index (χ0n) is 12.3. The van der Waals surface area contributed by atoms with Crippen LogP contribution in [0.4, 0.5) is 0 Å². The Labute approximate surface area is 125 Å². The van der Waals surface area contributed by atoms with Gasteiger partial charge in [0, 0.05) is 13.1 Å². The van der Waals surface area contributed by atoms with E-state index in [0.717, 1.165) is 16.3 Å². The first-order valence-corrected chi connectivity index (χ1v) is 6.93. The van der Waals surface area contributed by atoms with Crippen molar-refractivity contribution in [1.29, 1.82) is 0 Å². The van der Waals surface area contributed by atoms with Crippen LogP contribution in [-0.2, 0) is 0 Å². The minimum Gasteiger partial charge on any atom is -0.284 e. The maximum atomic E-state index is 12.6. The summed E-state index contributed by atoms with van der Waals surface area (Å²) >= 11 is 0. The van der Waals surface area contributed by atoms with Crippen molar-refractivity contribution in [3.05, 3.63) is 72.8 Å². The average molecular weight is 280 g/mol. The van der Waals surface area contributed by atoms with Crippen LogP contribution in [0.1, 0.15) is 15.9 Å². The summed E-state index contributed by atoms with van der Waals surface area (Å²) in [4.78, 5) is 12.6. The molecule has 0 heterocycles. The molecule has 0 saturated heterocycles. The number of aryl methyl sites for hydroxylation is 1. The van der Waals surface area contributed by atoms with Crippen LogP contribution in [0.25, 0.3) is 10.8 Å². The summed E-state index contributed by atoms with van der Waals surface area (Å²) in [6, 6.07) is 11.9. The molecule has 1 N–H and O–H groups in total. The number of carbonyl (C=O) groups excluding carboxylic acids is 1. The van der Waals surface area contributed by atoms with E-state index in [1.54, 1.807) is 17.2 Å². The van der Waals surface area contributed by atoms with Crippen molar-refractivity contribution in [2.45, 2.75) is 6.92 Å². The maximum Gasteiger partial charge on any atom is 0.266 e. The Morgan fingerprint density at radius 1 is 1.14 bits per heavy atom. The zero-order valence-corrected chi connectivity index (χ0v) is 12.3. The molecule has 1 amide bonds. The van der Waals surface area contributed by atoms with E-state index in [0.29, 0.717) is 18.7 Å². The Bertz CT molecular complexity index is 666. The molecule has 0 saturated carbocycles. The predicted octanol–water partition coefficient (Wildman–Crippen LogP) is 3.47. The third kappa shape index (κ3) is 3.38. The van der Waals surface area contributed by atoms with Crippen LogP contribution in [0.15, 0.2) is 61.7 Å². The lowest BCUT2D eigenvalue weighted by atomic mass is 9.99. The molecule has 0 bridgehead atoms. The summed E-state index contributed by atoms with van der Waals surface area (Å²) in [6.45, 7) is 10.5. The fourth-order valence-corrected chi connectivity index (χ4v) is 2.36. The molecule has 0 spiro atoms. The number of hydrazine groups is 1. The number of fused-ring (bicyclic) bond motifs is 1. The fourth-order valence-electron chi connectivity index (χ4n) is 2.36. The van der Waals surface area contributed by atoms with E-state index < -0.39 is 0 Å². The minimum absolute atomic E-state index is 0.104. The number of benzene rings is 2. The first kappa shape index (κ1) is 15.0. The second-order valence-electron chi connectivity index (χ2n) is 4.90. The van der Waals surface area contributed by atoms with Gasteiger partial charge in [0.25, 0.3) is 5.91 Å². The highest BCUT2D eigenvalue weighted by molar-refractivity contribution is 6.08. The summed E-state index contributed by atoms with van der Waals surface area (Å²) in [5, 5.41) is 3.81. The number of amides is 1. The number of nitrogens with zero attached hydrogens (tertiary/aromatic N) is 1. The number of rotatable bonds is 6. The number of carbonyl (C=O) groups is 1. The van der Waals surface area contributed by atoms with Crippen LogP contribution in [0, 0.1) is 6.92 Å². The Morgan fingerprint density at radius 3 is 2.48 bits per heavy atom. The molecule has 0 unspecified atom stereocenters. The summed E-state index contributed by atoms with van der Waals surface area (Å²) in [7, 11) is 0. The van der Waals surface area contributed by atoms with Crippen LogP contribution in [-0.4, -0.2) is 24.0 Å². The second-order valence-corrected chi connectivity index (χ2v) is 4.90. The van der Waals surface area contributed by atoms with Crippen molar-refractivity contribution in [3.63, 3.8) is 0 Å². The molecule has 0 aliphatic heterocycles. The molecule has 21 heavy (non-hydrogen) atoms. The number of hydrogen-bond acceptors (Lipinski definition) is 2. The summed E-state index contributed by atoms with van der Waals surface area (Å²) in [6.07, 6.45) is 3.50. The molecule has 2 aromatic rings. The van der Waals surface area contributed by atoms with Gasteiger partial charge < -0.3 is 0 Å². The van der Waals surface area contributed by atoms with E-state index in [2.05, 4.69) is 18.6 Å². The number of hydrogen-bond donors (Lipinski definition) is 1. The van der Waals surface area contributed by atoms with Gasteiger partial charge in [0.2, 0.25) is 0 Å². The van der Waals surface area contributed by atoms with Gasteiger partial charge in [-0.2, -0.15) is 0 Å². The first-order valence-electron chi connectivity index (χ1n) is 6.93. The smallest absolute Gasteiger partial charge is 0.266 e. The molecular formula is C18H20N2O. The third-order valence-electron chi connectivity index (χ3n) is 3.32. The van der Waals surface area contributed by atoms with Gasteiger partial charge in [-0.25, -0.2) is 5.01 Å². The van der Waals surface area contributed by atoms with E-state index in [-0.39, 0.29) is 5.91 Å². The summed E-state index contributed by atoms with van der Waals surface area (Å²) in [5.74, 6) is -0.104. The molecule has 108 valence electrons. The highest BCUT2D eigenvalue weighted by Gasteiger charge is 2.15. The van der Waals surface area contributed by atoms with E-state index in [9.17, 15) is 4.79 Å². The lowest BCUT2D eigenvalue weighted by Crippen LogP contribution is -2.42. The molecule has 0 atom stereocenters. The molecule has 0 aromatic heterocycles. The van der Waals surface area contributed by atoms with Gasteiger partial charge in [-0.15, -0.1) is 13.2 Å². The van der Waals surface area contributed by atoms with Gasteiger partial charge in [0.15, 0.2) is 0 Å². The molecular weight excluding hydrogens is 260 g/mol. The molecule has 0 aliphatic rings. The molecule has 0 radical (unpaired) electrons. The summed E-state index contributed by atoms with van der Waals surface area (Å²) in [5.41, 5.74) is 4.60. The van der Waals surface area contributed by atoms with Gasteiger partial charge in [-0.3, -0.25) is 10.2 Å². The average Bonchev–Trinajstić information content (AvgIpc) is 2.47. The fraction of sp³-hybridized carbons (Fsp3) is 0.167. The van der Waals surface area contributed by atoms with Crippen molar-refractivity contribution in [1.82, 2.24) is 10.4 Å². The van der Waals surface area contributed by atoms with Gasteiger partial charge in [0.1, 0.15) is 0 Å². The second kappa shape index (κ2) is 6.86. The Morgan fingerprint density at radius 2 is 1.81 bits per heavy atom. The first-order chi connectivity index (χ1) is 10.2. The topological polar surface area (TPSA) is 32.3 Å². The minimum atomic E-state index is -0.104. The van der Waals surface area contributed by atoms with Crippen LogP contribution < -0.4 is 5.43 Å². The van der Waals surface area contributed by atoms with E-state index in [1.807, 2.05) is 43.3 Å². The van der Waals surface area contributed by atoms with Crippen LogP contribution >= 0.6 is 0 Å². The molecule has 3 heteroatoms. The third-order valence-corrected chi connectivity index (χ3v) is 3.32. The highest BCUT2D eigenvalue weighted by atomic mass is 16.2. The summed E-state index contributed by atoms with van der Waals surface area (Å²) < 4.78 is 0. The molecule has 2 rings (SSSR count). The number of nitrogens with one attached hydrogen (secondary N) is 1. The molecule has 0 fully saturated rings.